The zero-order chi connectivity index (χ0) is 32.3. The van der Waals surface area contributed by atoms with E-state index in [0.717, 1.165) is 33.6 Å². The van der Waals surface area contributed by atoms with Crippen molar-refractivity contribution in [3.63, 3.8) is 0 Å². The second kappa shape index (κ2) is 13.2. The maximum atomic E-state index is 14.3. The number of carboxylic acids is 1. The van der Waals surface area contributed by atoms with Crippen LogP contribution in [0.5, 0.6) is 5.75 Å². The first-order valence-electron chi connectivity index (χ1n) is 12.9. The minimum absolute atomic E-state index is 0.0724. The molecule has 4 aromatic carbocycles. The van der Waals surface area contributed by atoms with Crippen molar-refractivity contribution in [2.75, 3.05) is 13.7 Å². The third-order valence-electron chi connectivity index (χ3n) is 6.79. The molecule has 4 rings (SSSR count). The summed E-state index contributed by atoms with van der Waals surface area (Å²) in [6.45, 7) is -0.390. The van der Waals surface area contributed by atoms with Crippen LogP contribution in [0.25, 0.3) is 11.1 Å². The van der Waals surface area contributed by atoms with Crippen LogP contribution in [0.4, 0.5) is 8.78 Å². The fourth-order valence-corrected chi connectivity index (χ4v) is 6.99. The summed E-state index contributed by atoms with van der Waals surface area (Å²) >= 11 is 6.01. The second-order valence-electron chi connectivity index (χ2n) is 9.73. The molecule has 232 valence electrons. The predicted octanol–water partition coefficient (Wildman–Crippen LogP) is 6.37. The smallest absolute Gasteiger partial charge is 0.399 e. The SMILES string of the molecule is COc1ccccc1S(=O)(=O)N(CCc1cccc(-c2cccc(C(=O)O)c2)c1)Cc1ccc(C(F)(F)P(=O)(O)O)c(Cl)c1. The molecule has 0 unspecified atom stereocenters. The molecular weight excluding hydrogens is 639 g/mol. The standard InChI is InChI=1S/C30H27ClF2NO8PS/c1-42-27-10-2-3-11-28(27)44(40,41)34(19-21-12-13-25(26(31)17-21)30(32,33)43(37,38)39)15-14-20-6-4-7-22(16-20)23-8-5-9-24(18-23)29(35)36/h2-13,16-18H,14-15,19H2,1H3,(H,35,36)(H2,37,38,39). The second-order valence-corrected chi connectivity index (χ2v) is 13.7. The van der Waals surface area contributed by atoms with Gasteiger partial charge in [0, 0.05) is 13.1 Å². The van der Waals surface area contributed by atoms with Crippen LogP contribution in [0, 0.1) is 0 Å². The van der Waals surface area contributed by atoms with Crippen LogP contribution < -0.4 is 4.74 Å². The molecule has 0 fully saturated rings. The number of methoxy groups -OCH3 is 1. The van der Waals surface area contributed by atoms with Gasteiger partial charge in [-0.15, -0.1) is 0 Å². The van der Waals surface area contributed by atoms with Gasteiger partial charge in [0.15, 0.2) is 0 Å². The number of rotatable bonds is 12. The van der Waals surface area contributed by atoms with Crippen LogP contribution in [0.2, 0.25) is 5.02 Å². The lowest BCUT2D eigenvalue weighted by Crippen LogP contribution is -2.33. The van der Waals surface area contributed by atoms with Gasteiger partial charge in [-0.2, -0.15) is 13.1 Å². The lowest BCUT2D eigenvalue weighted by molar-refractivity contribution is 0.0565. The summed E-state index contributed by atoms with van der Waals surface area (Å²) in [7, 11) is -8.80. The van der Waals surface area contributed by atoms with Crippen molar-refractivity contribution >= 4 is 35.2 Å². The van der Waals surface area contributed by atoms with Gasteiger partial charge in [0.25, 0.3) is 0 Å². The van der Waals surface area contributed by atoms with E-state index in [1.54, 1.807) is 36.4 Å². The van der Waals surface area contributed by atoms with E-state index in [2.05, 4.69) is 0 Å². The quantitative estimate of drug-likeness (QED) is 0.148. The van der Waals surface area contributed by atoms with Gasteiger partial charge in [0.1, 0.15) is 10.6 Å². The average Bonchev–Trinajstić information content (AvgIpc) is 2.98. The maximum absolute atomic E-state index is 14.3. The van der Waals surface area contributed by atoms with E-state index in [9.17, 15) is 31.7 Å². The normalized spacial score (nSPS) is 12.3. The lowest BCUT2D eigenvalue weighted by Gasteiger charge is -2.24. The molecule has 0 aliphatic heterocycles. The Kier molecular flexibility index (Phi) is 9.94. The van der Waals surface area contributed by atoms with Gasteiger partial charge in [0.2, 0.25) is 10.0 Å². The van der Waals surface area contributed by atoms with Crippen molar-refractivity contribution in [1.29, 1.82) is 0 Å². The number of halogens is 3. The van der Waals surface area contributed by atoms with Crippen molar-refractivity contribution in [2.24, 2.45) is 0 Å². The first kappa shape index (κ1) is 33.3. The number of ether oxygens (including phenoxy) is 1. The van der Waals surface area contributed by atoms with E-state index < -0.39 is 39.8 Å². The topological polar surface area (TPSA) is 141 Å². The van der Waals surface area contributed by atoms with Crippen LogP contribution in [0.15, 0.2) is 95.9 Å². The largest absolute Gasteiger partial charge is 0.495 e. The Morgan fingerprint density at radius 1 is 0.932 bits per heavy atom. The third kappa shape index (κ3) is 7.18. The molecule has 9 nitrogen and oxygen atoms in total. The fourth-order valence-electron chi connectivity index (χ4n) is 4.51. The summed E-state index contributed by atoms with van der Waals surface area (Å²) in [6, 6.07) is 22.5. The molecule has 0 aliphatic rings. The summed E-state index contributed by atoms with van der Waals surface area (Å²) in [5.41, 5.74) is -3.20. The van der Waals surface area contributed by atoms with E-state index in [4.69, 9.17) is 26.1 Å². The molecule has 0 spiro atoms. The zero-order valence-corrected chi connectivity index (χ0v) is 25.6. The van der Waals surface area contributed by atoms with Gasteiger partial charge >= 0.3 is 19.2 Å². The van der Waals surface area contributed by atoms with Gasteiger partial charge in [-0.1, -0.05) is 72.3 Å². The van der Waals surface area contributed by atoms with Crippen molar-refractivity contribution in [3.8, 4) is 16.9 Å². The number of aromatic carboxylic acids is 1. The van der Waals surface area contributed by atoms with E-state index >= 15 is 0 Å². The van der Waals surface area contributed by atoms with Crippen LogP contribution in [0.3, 0.4) is 0 Å². The molecule has 0 atom stereocenters. The number of hydrogen-bond donors (Lipinski definition) is 3. The number of sulfonamides is 1. The van der Waals surface area contributed by atoms with Gasteiger partial charge in [-0.25, -0.2) is 13.2 Å². The van der Waals surface area contributed by atoms with E-state index in [1.807, 2.05) is 6.07 Å². The number of alkyl halides is 2. The minimum Gasteiger partial charge on any atom is -0.495 e. The predicted molar refractivity (Wildman–Crippen MR) is 161 cm³/mol. The molecule has 0 bridgehead atoms. The van der Waals surface area contributed by atoms with Crippen molar-refractivity contribution in [3.05, 3.63) is 118 Å². The number of hydrogen-bond acceptors (Lipinski definition) is 5. The summed E-state index contributed by atoms with van der Waals surface area (Å²) < 4.78 is 74.2. The van der Waals surface area contributed by atoms with Gasteiger partial charge in [-0.05, 0) is 59.0 Å². The number of carboxylic acid groups (broad SMARTS) is 1. The van der Waals surface area contributed by atoms with Gasteiger partial charge in [0.05, 0.1) is 23.3 Å². The Morgan fingerprint density at radius 2 is 1.59 bits per heavy atom. The average molecular weight is 666 g/mol. The van der Waals surface area contributed by atoms with Crippen molar-refractivity contribution in [2.45, 2.75) is 23.5 Å². The van der Waals surface area contributed by atoms with Gasteiger partial charge < -0.3 is 19.6 Å². The molecule has 0 amide bonds. The van der Waals surface area contributed by atoms with E-state index in [-0.39, 0.29) is 41.3 Å². The highest BCUT2D eigenvalue weighted by Crippen LogP contribution is 2.60. The molecule has 4 aromatic rings. The highest BCUT2D eigenvalue weighted by molar-refractivity contribution is 7.89. The molecular formula is C30H27ClF2NO8PS. The molecule has 0 radical (unpaired) electrons. The molecule has 14 heteroatoms. The molecule has 0 aliphatic carbocycles. The molecule has 0 heterocycles. The summed E-state index contributed by atoms with van der Waals surface area (Å²) in [6.07, 6.45) is 0.211. The summed E-state index contributed by atoms with van der Waals surface area (Å²) in [5.74, 6) is -0.980. The molecule has 0 saturated carbocycles. The monoisotopic (exact) mass is 665 g/mol. The Morgan fingerprint density at radius 3 is 2.23 bits per heavy atom. The first-order chi connectivity index (χ1) is 20.6. The van der Waals surface area contributed by atoms with Crippen LogP contribution in [0.1, 0.15) is 27.0 Å². The summed E-state index contributed by atoms with van der Waals surface area (Å²) in [4.78, 5) is 29.5. The highest BCUT2D eigenvalue weighted by atomic mass is 35.5. The molecule has 0 saturated heterocycles. The van der Waals surface area contributed by atoms with Crippen molar-refractivity contribution < 1.29 is 46.2 Å². The van der Waals surface area contributed by atoms with Crippen LogP contribution in [-0.4, -0.2) is 47.2 Å². The van der Waals surface area contributed by atoms with E-state index in [1.165, 1.54) is 37.4 Å². The molecule has 3 N–H and O–H groups in total. The molecule has 44 heavy (non-hydrogen) atoms. The minimum atomic E-state index is -5.88. The highest BCUT2D eigenvalue weighted by Gasteiger charge is 2.51. The lowest BCUT2D eigenvalue weighted by atomic mass is 10.00. The fraction of sp³-hybridized carbons (Fsp3) is 0.167. The number of carbonyl (C=O) groups is 1. The van der Waals surface area contributed by atoms with Crippen LogP contribution >= 0.6 is 19.2 Å². The van der Waals surface area contributed by atoms with Crippen LogP contribution in [-0.2, 0) is 33.2 Å². The molecule has 0 aromatic heterocycles. The Balaban J connectivity index is 1.68. The number of nitrogens with zero attached hydrogens (tertiary/aromatic N) is 1. The first-order valence-corrected chi connectivity index (χ1v) is 16.4. The number of benzene rings is 4. The van der Waals surface area contributed by atoms with Gasteiger partial charge in [-0.3, -0.25) is 4.57 Å². The van der Waals surface area contributed by atoms with E-state index in [0.29, 0.717) is 5.56 Å². The number of para-hydroxylation sites is 1. The summed E-state index contributed by atoms with van der Waals surface area (Å²) in [5, 5.41) is 8.70. The Labute approximate surface area is 257 Å². The Hall–Kier alpha value is -3.64. The Bertz CT molecular complexity index is 1850. The zero-order valence-electron chi connectivity index (χ0n) is 23.1. The maximum Gasteiger partial charge on any atom is 0.399 e. The van der Waals surface area contributed by atoms with Crippen molar-refractivity contribution in [1.82, 2.24) is 4.31 Å². The third-order valence-corrected chi connectivity index (χ3v) is 9.96.